The Morgan fingerprint density at radius 3 is 2.71 bits per heavy atom. The van der Waals surface area contributed by atoms with Gasteiger partial charge in [-0.05, 0) is 19.1 Å². The van der Waals surface area contributed by atoms with Gasteiger partial charge >= 0.3 is 0 Å². The molecule has 2 rings (SSSR count). The van der Waals surface area contributed by atoms with Gasteiger partial charge in [0.25, 0.3) is 5.91 Å². The van der Waals surface area contributed by atoms with E-state index in [1.165, 1.54) is 0 Å². The summed E-state index contributed by atoms with van der Waals surface area (Å²) in [6.45, 7) is 3.88. The maximum absolute atomic E-state index is 12.0. The molecule has 1 heterocycles. The first kappa shape index (κ1) is 14.9. The first-order valence-corrected chi connectivity index (χ1v) is 6.99. The Morgan fingerprint density at radius 2 is 2.10 bits per heavy atom. The number of nitrogen functional groups attached to an aromatic ring is 1. The number of nitrogens with one attached hydrogen (secondary N) is 1. The Kier molecular flexibility index (Phi) is 4.81. The summed E-state index contributed by atoms with van der Waals surface area (Å²) < 4.78 is 1.65. The third-order valence-corrected chi connectivity index (χ3v) is 3.26. The molecule has 0 unspecified atom stereocenters. The molecule has 0 saturated carbocycles. The quantitative estimate of drug-likeness (QED) is 0.841. The summed E-state index contributed by atoms with van der Waals surface area (Å²) in [4.78, 5) is 14.1. The van der Waals surface area contributed by atoms with Crippen molar-refractivity contribution < 1.29 is 4.79 Å². The number of carbonyl (C=O) groups excluding carboxylic acids is 1. The third kappa shape index (κ3) is 3.75. The number of nitrogens with two attached hydrogens (primary N) is 1. The fourth-order valence-corrected chi connectivity index (χ4v) is 2.01. The van der Waals surface area contributed by atoms with Gasteiger partial charge < -0.3 is 16.0 Å². The van der Waals surface area contributed by atoms with E-state index in [0.29, 0.717) is 31.0 Å². The number of para-hydroxylation sites is 1. The van der Waals surface area contributed by atoms with Crippen molar-refractivity contribution in [2.45, 2.75) is 13.5 Å². The lowest BCUT2D eigenvalue weighted by Gasteiger charge is -2.19. The Balaban J connectivity index is 1.85. The van der Waals surface area contributed by atoms with Gasteiger partial charge in [-0.3, -0.25) is 9.48 Å². The number of anilines is 2. The average molecular weight is 287 g/mol. The molecule has 0 aliphatic heterocycles. The standard InChI is InChI=1S/C15H21N5O/c1-3-20-11-13(16)14(18-20)15(21)17-9-10-19(2)12-7-5-4-6-8-12/h4-8,11H,3,9-10,16H2,1-2H3,(H,17,21). The summed E-state index contributed by atoms with van der Waals surface area (Å²) in [5.41, 5.74) is 7.60. The number of aryl methyl sites for hydroxylation is 1. The Morgan fingerprint density at radius 1 is 1.38 bits per heavy atom. The molecule has 6 nitrogen and oxygen atoms in total. The van der Waals surface area contributed by atoms with Crippen molar-refractivity contribution in [2.75, 3.05) is 30.8 Å². The van der Waals surface area contributed by atoms with Crippen LogP contribution in [0.1, 0.15) is 17.4 Å². The number of benzene rings is 1. The predicted octanol–water partition coefficient (Wildman–Crippen LogP) is 1.35. The fourth-order valence-electron chi connectivity index (χ4n) is 2.01. The number of aromatic nitrogens is 2. The minimum atomic E-state index is -0.235. The van der Waals surface area contributed by atoms with Gasteiger partial charge in [0.1, 0.15) is 0 Å². The molecular weight excluding hydrogens is 266 g/mol. The highest BCUT2D eigenvalue weighted by Crippen LogP contribution is 2.10. The molecule has 1 aromatic carbocycles. The van der Waals surface area contributed by atoms with Gasteiger partial charge in [0.05, 0.1) is 5.69 Å². The summed E-state index contributed by atoms with van der Waals surface area (Å²) >= 11 is 0. The minimum absolute atomic E-state index is 0.235. The van der Waals surface area contributed by atoms with Crippen LogP contribution in [0.3, 0.4) is 0 Å². The molecule has 0 atom stereocenters. The average Bonchev–Trinajstić information content (AvgIpc) is 2.89. The van der Waals surface area contributed by atoms with Crippen LogP contribution in [0.4, 0.5) is 11.4 Å². The van der Waals surface area contributed by atoms with E-state index in [9.17, 15) is 4.79 Å². The van der Waals surface area contributed by atoms with Crippen molar-refractivity contribution in [1.82, 2.24) is 15.1 Å². The van der Waals surface area contributed by atoms with E-state index in [0.717, 1.165) is 5.69 Å². The molecule has 2 aromatic rings. The molecule has 0 saturated heterocycles. The number of carbonyl (C=O) groups is 1. The largest absolute Gasteiger partial charge is 0.396 e. The van der Waals surface area contributed by atoms with Crippen LogP contribution in [0.25, 0.3) is 0 Å². The molecule has 6 heteroatoms. The number of rotatable bonds is 6. The van der Waals surface area contributed by atoms with Crippen LogP contribution < -0.4 is 16.0 Å². The highest BCUT2D eigenvalue weighted by atomic mass is 16.2. The molecule has 0 aliphatic carbocycles. The normalized spacial score (nSPS) is 10.4. The molecular formula is C15H21N5O. The monoisotopic (exact) mass is 287 g/mol. The first-order chi connectivity index (χ1) is 10.1. The summed E-state index contributed by atoms with van der Waals surface area (Å²) in [6, 6.07) is 10.0. The SMILES string of the molecule is CCn1cc(N)c(C(=O)NCCN(C)c2ccccc2)n1. The van der Waals surface area contributed by atoms with Gasteiger partial charge in [0.2, 0.25) is 0 Å². The van der Waals surface area contributed by atoms with Gasteiger partial charge in [-0.2, -0.15) is 5.10 Å². The lowest BCUT2D eigenvalue weighted by Crippen LogP contribution is -2.33. The predicted molar refractivity (Wildman–Crippen MR) is 84.4 cm³/mol. The molecule has 0 bridgehead atoms. The van der Waals surface area contributed by atoms with Crippen molar-refractivity contribution in [1.29, 1.82) is 0 Å². The van der Waals surface area contributed by atoms with E-state index in [2.05, 4.69) is 15.3 Å². The van der Waals surface area contributed by atoms with Crippen LogP contribution in [0.15, 0.2) is 36.5 Å². The van der Waals surface area contributed by atoms with Crippen LogP contribution in [-0.2, 0) is 6.54 Å². The minimum Gasteiger partial charge on any atom is -0.396 e. The highest BCUT2D eigenvalue weighted by molar-refractivity contribution is 5.97. The lowest BCUT2D eigenvalue weighted by molar-refractivity contribution is 0.0950. The summed E-state index contributed by atoms with van der Waals surface area (Å²) in [5.74, 6) is -0.235. The van der Waals surface area contributed by atoms with Crippen LogP contribution in [-0.4, -0.2) is 35.8 Å². The van der Waals surface area contributed by atoms with E-state index >= 15 is 0 Å². The Bertz CT molecular complexity index is 593. The van der Waals surface area contributed by atoms with Crippen molar-refractivity contribution in [3.05, 3.63) is 42.2 Å². The van der Waals surface area contributed by atoms with Gasteiger partial charge in [0, 0.05) is 38.6 Å². The van der Waals surface area contributed by atoms with Gasteiger partial charge in [-0.1, -0.05) is 18.2 Å². The summed E-state index contributed by atoms with van der Waals surface area (Å²) in [6.07, 6.45) is 1.67. The van der Waals surface area contributed by atoms with Crippen LogP contribution in [0, 0.1) is 0 Å². The number of likely N-dealkylation sites (N-methyl/N-ethyl adjacent to an activating group) is 1. The van der Waals surface area contributed by atoms with E-state index in [1.54, 1.807) is 10.9 Å². The second-order valence-electron chi connectivity index (χ2n) is 4.80. The van der Waals surface area contributed by atoms with Gasteiger partial charge in [-0.15, -0.1) is 0 Å². The highest BCUT2D eigenvalue weighted by Gasteiger charge is 2.14. The van der Waals surface area contributed by atoms with E-state index in [4.69, 9.17) is 5.73 Å². The maximum Gasteiger partial charge on any atom is 0.274 e. The van der Waals surface area contributed by atoms with E-state index in [-0.39, 0.29) is 5.91 Å². The zero-order valence-electron chi connectivity index (χ0n) is 12.4. The first-order valence-electron chi connectivity index (χ1n) is 6.99. The number of nitrogens with zero attached hydrogens (tertiary/aromatic N) is 3. The molecule has 0 fully saturated rings. The van der Waals surface area contributed by atoms with Gasteiger partial charge in [0.15, 0.2) is 5.69 Å². The molecule has 0 radical (unpaired) electrons. The number of hydrogen-bond donors (Lipinski definition) is 2. The van der Waals surface area contributed by atoms with E-state index in [1.807, 2.05) is 44.3 Å². The molecule has 1 aromatic heterocycles. The molecule has 3 N–H and O–H groups in total. The van der Waals surface area contributed by atoms with E-state index < -0.39 is 0 Å². The topological polar surface area (TPSA) is 76.2 Å². The second kappa shape index (κ2) is 6.78. The van der Waals surface area contributed by atoms with Crippen LogP contribution in [0.5, 0.6) is 0 Å². The van der Waals surface area contributed by atoms with Crippen molar-refractivity contribution in [2.24, 2.45) is 0 Å². The van der Waals surface area contributed by atoms with Crippen molar-refractivity contribution in [3.63, 3.8) is 0 Å². The number of amides is 1. The zero-order chi connectivity index (χ0) is 15.2. The number of hydrogen-bond acceptors (Lipinski definition) is 4. The maximum atomic E-state index is 12.0. The molecule has 112 valence electrons. The third-order valence-electron chi connectivity index (χ3n) is 3.26. The fraction of sp³-hybridized carbons (Fsp3) is 0.333. The Labute approximate surface area is 124 Å². The molecule has 0 aliphatic rings. The molecule has 0 spiro atoms. The smallest absolute Gasteiger partial charge is 0.274 e. The molecule has 1 amide bonds. The lowest BCUT2D eigenvalue weighted by atomic mass is 10.3. The van der Waals surface area contributed by atoms with Gasteiger partial charge in [-0.25, -0.2) is 0 Å². The summed E-state index contributed by atoms with van der Waals surface area (Å²) in [5, 5.41) is 6.99. The molecule has 21 heavy (non-hydrogen) atoms. The second-order valence-corrected chi connectivity index (χ2v) is 4.80. The summed E-state index contributed by atoms with van der Waals surface area (Å²) in [7, 11) is 1.99. The Hall–Kier alpha value is -2.50. The van der Waals surface area contributed by atoms with Crippen molar-refractivity contribution in [3.8, 4) is 0 Å². The van der Waals surface area contributed by atoms with Crippen molar-refractivity contribution >= 4 is 17.3 Å². The van der Waals surface area contributed by atoms with Crippen LogP contribution in [0.2, 0.25) is 0 Å². The zero-order valence-corrected chi connectivity index (χ0v) is 12.4. The van der Waals surface area contributed by atoms with Crippen LogP contribution >= 0.6 is 0 Å².